The van der Waals surface area contributed by atoms with Crippen molar-refractivity contribution in [1.29, 1.82) is 0 Å². The molecule has 1 rings (SSSR count). The maximum Gasteiger partial charge on any atom is 0.234 e. The van der Waals surface area contributed by atoms with Gasteiger partial charge in [0.05, 0.1) is 6.61 Å². The first-order valence-corrected chi connectivity index (χ1v) is 5.32. The second kappa shape index (κ2) is 6.12. The van der Waals surface area contributed by atoms with Crippen LogP contribution in [0.2, 0.25) is 0 Å². The maximum absolute atomic E-state index is 10.8. The van der Waals surface area contributed by atoms with E-state index in [4.69, 9.17) is 10.6 Å². The molecule has 0 saturated carbocycles. The number of benzene rings is 1. The Bertz CT molecular complexity index is 344. The molecule has 4 nitrogen and oxygen atoms in total. The Hall–Kier alpha value is -1.55. The van der Waals surface area contributed by atoms with E-state index in [0.29, 0.717) is 19.4 Å². The van der Waals surface area contributed by atoms with Crippen molar-refractivity contribution in [3.8, 4) is 5.75 Å². The normalized spacial score (nSPS) is 9.94. The van der Waals surface area contributed by atoms with E-state index in [1.165, 1.54) is 11.1 Å². The first-order chi connectivity index (χ1) is 7.61. The standard InChI is InChI=1S/C12H18N2O2/c1-9-6-10(2)8-11(7-9)16-5-3-4-12(15)14-13/h6-8H,3-5,13H2,1-2H3,(H,14,15). The maximum atomic E-state index is 10.8. The van der Waals surface area contributed by atoms with Gasteiger partial charge in [-0.15, -0.1) is 0 Å². The molecule has 0 bridgehead atoms. The molecule has 16 heavy (non-hydrogen) atoms. The monoisotopic (exact) mass is 222 g/mol. The van der Waals surface area contributed by atoms with Crippen LogP contribution >= 0.6 is 0 Å². The van der Waals surface area contributed by atoms with Gasteiger partial charge in [-0.1, -0.05) is 6.07 Å². The zero-order chi connectivity index (χ0) is 12.0. The molecule has 3 N–H and O–H groups in total. The lowest BCUT2D eigenvalue weighted by Crippen LogP contribution is -2.29. The van der Waals surface area contributed by atoms with Crippen molar-refractivity contribution in [2.75, 3.05) is 6.61 Å². The Kier molecular flexibility index (Phi) is 4.79. The van der Waals surface area contributed by atoms with Gasteiger partial charge < -0.3 is 4.74 Å². The zero-order valence-corrected chi connectivity index (χ0v) is 9.75. The van der Waals surface area contributed by atoms with E-state index in [2.05, 4.69) is 11.5 Å². The summed E-state index contributed by atoms with van der Waals surface area (Å²) in [6.07, 6.45) is 1.05. The fourth-order valence-corrected chi connectivity index (χ4v) is 1.51. The van der Waals surface area contributed by atoms with E-state index in [1.807, 2.05) is 26.0 Å². The third-order valence-electron chi connectivity index (χ3n) is 2.17. The molecule has 88 valence electrons. The summed E-state index contributed by atoms with van der Waals surface area (Å²) in [6.45, 7) is 4.58. The summed E-state index contributed by atoms with van der Waals surface area (Å²) in [4.78, 5) is 10.8. The molecule has 0 unspecified atom stereocenters. The molecule has 1 amide bonds. The van der Waals surface area contributed by atoms with Crippen LogP contribution in [0.3, 0.4) is 0 Å². The molecular weight excluding hydrogens is 204 g/mol. The van der Waals surface area contributed by atoms with Crippen molar-refractivity contribution in [3.05, 3.63) is 29.3 Å². The highest BCUT2D eigenvalue weighted by atomic mass is 16.5. The Labute approximate surface area is 95.8 Å². The van der Waals surface area contributed by atoms with Crippen LogP contribution in [0.5, 0.6) is 5.75 Å². The summed E-state index contributed by atoms with van der Waals surface area (Å²) in [5, 5.41) is 0. The van der Waals surface area contributed by atoms with Crippen LogP contribution in [0.1, 0.15) is 24.0 Å². The molecule has 0 fully saturated rings. The minimum Gasteiger partial charge on any atom is -0.494 e. The first kappa shape index (κ1) is 12.5. The van der Waals surface area contributed by atoms with Crippen molar-refractivity contribution in [1.82, 2.24) is 5.43 Å². The minimum absolute atomic E-state index is 0.163. The van der Waals surface area contributed by atoms with Crippen LogP contribution in [0.25, 0.3) is 0 Å². The fourth-order valence-electron chi connectivity index (χ4n) is 1.51. The van der Waals surface area contributed by atoms with E-state index in [1.54, 1.807) is 0 Å². The van der Waals surface area contributed by atoms with Gasteiger partial charge in [0, 0.05) is 6.42 Å². The number of hydrazine groups is 1. The number of hydrogen-bond donors (Lipinski definition) is 2. The molecule has 1 aromatic carbocycles. The van der Waals surface area contributed by atoms with Gasteiger partial charge in [-0.3, -0.25) is 10.2 Å². The minimum atomic E-state index is -0.163. The molecule has 4 heteroatoms. The lowest BCUT2D eigenvalue weighted by molar-refractivity contribution is -0.121. The van der Waals surface area contributed by atoms with Crippen molar-refractivity contribution >= 4 is 5.91 Å². The molecule has 1 aromatic rings. The predicted octanol–water partition coefficient (Wildman–Crippen LogP) is 1.45. The van der Waals surface area contributed by atoms with Gasteiger partial charge in [-0.05, 0) is 43.5 Å². The third-order valence-corrected chi connectivity index (χ3v) is 2.17. The number of carbonyl (C=O) groups excluding carboxylic acids is 1. The third kappa shape index (κ3) is 4.31. The Morgan fingerprint density at radius 2 is 1.94 bits per heavy atom. The summed E-state index contributed by atoms with van der Waals surface area (Å²) in [5.41, 5.74) is 4.44. The molecule has 0 heterocycles. The van der Waals surface area contributed by atoms with Crippen molar-refractivity contribution < 1.29 is 9.53 Å². The number of carbonyl (C=O) groups is 1. The van der Waals surface area contributed by atoms with Gasteiger partial charge in [0.1, 0.15) is 5.75 Å². The number of ether oxygens (including phenoxy) is 1. The molecule has 0 aliphatic rings. The van der Waals surface area contributed by atoms with Crippen LogP contribution in [-0.4, -0.2) is 12.5 Å². The summed E-state index contributed by atoms with van der Waals surface area (Å²) in [6, 6.07) is 6.06. The lowest BCUT2D eigenvalue weighted by atomic mass is 10.1. The Balaban J connectivity index is 2.34. The first-order valence-electron chi connectivity index (χ1n) is 5.32. The average molecular weight is 222 g/mol. The molecule has 0 aliphatic heterocycles. The quantitative estimate of drug-likeness (QED) is 0.343. The van der Waals surface area contributed by atoms with E-state index in [9.17, 15) is 4.79 Å². The van der Waals surface area contributed by atoms with Crippen LogP contribution in [-0.2, 0) is 4.79 Å². The summed E-state index contributed by atoms with van der Waals surface area (Å²) >= 11 is 0. The van der Waals surface area contributed by atoms with E-state index < -0.39 is 0 Å². The second-order valence-corrected chi connectivity index (χ2v) is 3.84. The molecule has 0 atom stereocenters. The highest BCUT2D eigenvalue weighted by Crippen LogP contribution is 2.16. The van der Waals surface area contributed by atoms with E-state index in [-0.39, 0.29) is 5.91 Å². The van der Waals surface area contributed by atoms with Crippen molar-refractivity contribution in [2.45, 2.75) is 26.7 Å². The molecular formula is C12H18N2O2. The topological polar surface area (TPSA) is 64.3 Å². The molecule has 0 radical (unpaired) electrons. The van der Waals surface area contributed by atoms with Gasteiger partial charge in [0.15, 0.2) is 0 Å². The van der Waals surface area contributed by atoms with Crippen molar-refractivity contribution in [2.24, 2.45) is 5.84 Å². The van der Waals surface area contributed by atoms with Crippen LogP contribution in [0.15, 0.2) is 18.2 Å². The van der Waals surface area contributed by atoms with Crippen molar-refractivity contribution in [3.63, 3.8) is 0 Å². The molecule has 0 saturated heterocycles. The van der Waals surface area contributed by atoms with Gasteiger partial charge in [0.25, 0.3) is 0 Å². The molecule has 0 aromatic heterocycles. The molecule has 0 aliphatic carbocycles. The smallest absolute Gasteiger partial charge is 0.234 e. The number of hydrogen-bond acceptors (Lipinski definition) is 3. The fraction of sp³-hybridized carbons (Fsp3) is 0.417. The average Bonchev–Trinajstić information content (AvgIpc) is 2.22. The van der Waals surface area contributed by atoms with Gasteiger partial charge in [-0.2, -0.15) is 0 Å². The SMILES string of the molecule is Cc1cc(C)cc(OCCCC(=O)NN)c1. The summed E-state index contributed by atoms with van der Waals surface area (Å²) in [5.74, 6) is 5.65. The van der Waals surface area contributed by atoms with Crippen LogP contribution in [0, 0.1) is 13.8 Å². The zero-order valence-electron chi connectivity index (χ0n) is 9.75. The van der Waals surface area contributed by atoms with Gasteiger partial charge >= 0.3 is 0 Å². The van der Waals surface area contributed by atoms with Gasteiger partial charge in [-0.25, -0.2) is 5.84 Å². The Morgan fingerprint density at radius 3 is 2.50 bits per heavy atom. The number of nitrogens with two attached hydrogens (primary N) is 1. The highest BCUT2D eigenvalue weighted by molar-refractivity contribution is 5.75. The van der Waals surface area contributed by atoms with E-state index in [0.717, 1.165) is 5.75 Å². The van der Waals surface area contributed by atoms with Gasteiger partial charge in [0.2, 0.25) is 5.91 Å². The number of aryl methyl sites for hydroxylation is 2. The number of amides is 1. The number of rotatable bonds is 5. The largest absolute Gasteiger partial charge is 0.494 e. The summed E-state index contributed by atoms with van der Waals surface area (Å²) in [7, 11) is 0. The second-order valence-electron chi connectivity index (χ2n) is 3.84. The highest BCUT2D eigenvalue weighted by Gasteiger charge is 2.00. The summed E-state index contributed by atoms with van der Waals surface area (Å²) < 4.78 is 5.54. The lowest BCUT2D eigenvalue weighted by Gasteiger charge is -2.07. The van der Waals surface area contributed by atoms with Crippen LogP contribution < -0.4 is 16.0 Å². The van der Waals surface area contributed by atoms with Crippen LogP contribution in [0.4, 0.5) is 0 Å². The number of nitrogens with one attached hydrogen (secondary N) is 1. The Morgan fingerprint density at radius 1 is 1.31 bits per heavy atom. The predicted molar refractivity (Wildman–Crippen MR) is 63.0 cm³/mol. The molecule has 0 spiro atoms. The van der Waals surface area contributed by atoms with E-state index >= 15 is 0 Å².